The van der Waals surface area contributed by atoms with Crippen molar-refractivity contribution in [1.82, 2.24) is 5.32 Å². The Morgan fingerprint density at radius 1 is 0.962 bits per heavy atom. The van der Waals surface area contributed by atoms with Crippen molar-refractivity contribution in [1.29, 1.82) is 0 Å². The first kappa shape index (κ1) is 16.7. The summed E-state index contributed by atoms with van der Waals surface area (Å²) >= 11 is 0. The molecule has 0 radical (unpaired) electrons. The highest BCUT2D eigenvalue weighted by molar-refractivity contribution is 6.07. The number of ether oxygens (including phenoxy) is 3. The van der Waals surface area contributed by atoms with Crippen LogP contribution >= 0.6 is 0 Å². The SMILES string of the molecule is COc1cc(OC)cc([C@@H]2NCC[C@]23C(=O)Nc2ccc(OC)cc23)c1. The summed E-state index contributed by atoms with van der Waals surface area (Å²) < 4.78 is 16.2. The molecule has 2 N–H and O–H groups in total. The lowest BCUT2D eigenvalue weighted by Gasteiger charge is -2.30. The van der Waals surface area contributed by atoms with Crippen LogP contribution < -0.4 is 24.8 Å². The zero-order valence-corrected chi connectivity index (χ0v) is 15.1. The molecule has 2 aromatic carbocycles. The molecule has 2 atom stereocenters. The van der Waals surface area contributed by atoms with Gasteiger partial charge in [0.15, 0.2) is 0 Å². The Morgan fingerprint density at radius 2 is 1.65 bits per heavy atom. The van der Waals surface area contributed by atoms with Crippen molar-refractivity contribution < 1.29 is 19.0 Å². The molecule has 4 rings (SSSR count). The van der Waals surface area contributed by atoms with Crippen LogP contribution in [0, 0.1) is 0 Å². The fraction of sp³-hybridized carbons (Fsp3) is 0.350. The molecule has 1 amide bonds. The first-order valence-electron chi connectivity index (χ1n) is 8.58. The lowest BCUT2D eigenvalue weighted by Crippen LogP contribution is -2.39. The Bertz CT molecular complexity index is 845. The zero-order valence-electron chi connectivity index (χ0n) is 15.1. The predicted octanol–water partition coefficient (Wildman–Crippen LogP) is 2.64. The maximum Gasteiger partial charge on any atom is 0.237 e. The van der Waals surface area contributed by atoms with Crippen LogP contribution in [0.15, 0.2) is 36.4 Å². The van der Waals surface area contributed by atoms with Gasteiger partial charge in [-0.05, 0) is 54.4 Å². The van der Waals surface area contributed by atoms with Gasteiger partial charge in [-0.1, -0.05) is 0 Å². The number of carbonyl (C=O) groups excluding carboxylic acids is 1. The van der Waals surface area contributed by atoms with Crippen LogP contribution in [-0.4, -0.2) is 33.8 Å². The number of methoxy groups -OCH3 is 3. The van der Waals surface area contributed by atoms with Crippen LogP contribution in [0.3, 0.4) is 0 Å². The number of hydrogen-bond acceptors (Lipinski definition) is 5. The van der Waals surface area contributed by atoms with Crippen LogP contribution in [0.1, 0.15) is 23.6 Å². The minimum Gasteiger partial charge on any atom is -0.497 e. The van der Waals surface area contributed by atoms with Crippen molar-refractivity contribution in [3.05, 3.63) is 47.5 Å². The number of carbonyl (C=O) groups is 1. The molecule has 136 valence electrons. The van der Waals surface area contributed by atoms with Crippen molar-refractivity contribution in [3.8, 4) is 17.2 Å². The molecular formula is C20H22N2O4. The number of hydrogen-bond donors (Lipinski definition) is 2. The minimum absolute atomic E-state index is 0.0116. The molecular weight excluding hydrogens is 332 g/mol. The van der Waals surface area contributed by atoms with E-state index in [1.165, 1.54) is 0 Å². The van der Waals surface area contributed by atoms with Crippen molar-refractivity contribution in [2.45, 2.75) is 17.9 Å². The monoisotopic (exact) mass is 354 g/mol. The average molecular weight is 354 g/mol. The summed E-state index contributed by atoms with van der Waals surface area (Å²) in [6, 6.07) is 11.3. The molecule has 0 aliphatic carbocycles. The smallest absolute Gasteiger partial charge is 0.237 e. The molecule has 1 saturated heterocycles. The van der Waals surface area contributed by atoms with Gasteiger partial charge >= 0.3 is 0 Å². The molecule has 1 fully saturated rings. The highest BCUT2D eigenvalue weighted by atomic mass is 16.5. The Labute approximate surface area is 152 Å². The molecule has 2 aromatic rings. The van der Waals surface area contributed by atoms with Crippen molar-refractivity contribution in [2.24, 2.45) is 0 Å². The Morgan fingerprint density at radius 3 is 2.31 bits per heavy atom. The molecule has 2 aliphatic heterocycles. The number of fused-ring (bicyclic) bond motifs is 2. The normalized spacial score (nSPS) is 23.7. The van der Waals surface area contributed by atoms with Gasteiger partial charge in [0.05, 0.1) is 32.8 Å². The first-order chi connectivity index (χ1) is 12.6. The highest BCUT2D eigenvalue weighted by Gasteiger charge is 2.55. The molecule has 6 heteroatoms. The molecule has 0 aromatic heterocycles. The molecule has 0 saturated carbocycles. The summed E-state index contributed by atoms with van der Waals surface area (Å²) in [5.74, 6) is 2.16. The van der Waals surface area contributed by atoms with E-state index in [1.54, 1.807) is 21.3 Å². The molecule has 2 aliphatic rings. The topological polar surface area (TPSA) is 68.8 Å². The maximum absolute atomic E-state index is 13.1. The first-order valence-corrected chi connectivity index (χ1v) is 8.58. The molecule has 2 heterocycles. The van der Waals surface area contributed by atoms with Gasteiger partial charge in [-0.3, -0.25) is 4.79 Å². The Kier molecular flexibility index (Phi) is 4.00. The van der Waals surface area contributed by atoms with E-state index in [4.69, 9.17) is 14.2 Å². The van der Waals surface area contributed by atoms with Crippen LogP contribution in [0.25, 0.3) is 0 Å². The molecule has 0 unspecified atom stereocenters. The van der Waals surface area contributed by atoms with E-state index in [1.807, 2.05) is 36.4 Å². The summed E-state index contributed by atoms with van der Waals surface area (Å²) in [5.41, 5.74) is 2.10. The van der Waals surface area contributed by atoms with Gasteiger partial charge in [-0.15, -0.1) is 0 Å². The van der Waals surface area contributed by atoms with Gasteiger partial charge < -0.3 is 24.8 Å². The third-order valence-corrected chi connectivity index (χ3v) is 5.43. The van der Waals surface area contributed by atoms with Gasteiger partial charge in [-0.2, -0.15) is 0 Å². The third kappa shape index (κ3) is 2.33. The molecule has 1 spiro atoms. The highest BCUT2D eigenvalue weighted by Crippen LogP contribution is 2.52. The van der Waals surface area contributed by atoms with E-state index < -0.39 is 5.41 Å². The van der Waals surface area contributed by atoms with E-state index in [9.17, 15) is 4.79 Å². The lowest BCUT2D eigenvalue weighted by molar-refractivity contribution is -0.121. The number of anilines is 1. The van der Waals surface area contributed by atoms with E-state index in [0.717, 1.165) is 29.1 Å². The standard InChI is InChI=1S/C20H22N2O4/c1-24-13-4-5-17-16(11-13)20(19(23)22-17)6-7-21-18(20)12-8-14(25-2)10-15(9-12)26-3/h4-5,8-11,18,21H,6-7H2,1-3H3,(H,22,23)/t18-,20+/m0/s1. The van der Waals surface area contributed by atoms with E-state index in [-0.39, 0.29) is 11.9 Å². The number of nitrogens with one attached hydrogen (secondary N) is 2. The number of rotatable bonds is 4. The maximum atomic E-state index is 13.1. The Hall–Kier alpha value is -2.73. The van der Waals surface area contributed by atoms with Crippen molar-refractivity contribution in [2.75, 3.05) is 33.2 Å². The second-order valence-electron chi connectivity index (χ2n) is 6.62. The van der Waals surface area contributed by atoms with Crippen LogP contribution in [-0.2, 0) is 10.2 Å². The second kappa shape index (κ2) is 6.21. The van der Waals surface area contributed by atoms with Crippen molar-refractivity contribution >= 4 is 11.6 Å². The summed E-state index contributed by atoms with van der Waals surface area (Å²) in [6.07, 6.45) is 0.712. The van der Waals surface area contributed by atoms with E-state index in [2.05, 4.69) is 10.6 Å². The van der Waals surface area contributed by atoms with Crippen LogP contribution in [0.4, 0.5) is 5.69 Å². The summed E-state index contributed by atoms with van der Waals surface area (Å²) in [4.78, 5) is 13.1. The number of amides is 1. The Balaban J connectivity index is 1.86. The fourth-order valence-electron chi connectivity index (χ4n) is 4.15. The quantitative estimate of drug-likeness (QED) is 0.883. The van der Waals surface area contributed by atoms with E-state index in [0.29, 0.717) is 17.9 Å². The fourth-order valence-corrected chi connectivity index (χ4v) is 4.15. The van der Waals surface area contributed by atoms with Gasteiger partial charge in [0.25, 0.3) is 0 Å². The molecule has 26 heavy (non-hydrogen) atoms. The third-order valence-electron chi connectivity index (χ3n) is 5.43. The van der Waals surface area contributed by atoms with Gasteiger partial charge in [-0.25, -0.2) is 0 Å². The molecule has 0 bridgehead atoms. The van der Waals surface area contributed by atoms with E-state index >= 15 is 0 Å². The summed E-state index contributed by atoms with van der Waals surface area (Å²) in [5, 5.41) is 6.55. The second-order valence-corrected chi connectivity index (χ2v) is 6.62. The number of benzene rings is 2. The molecule has 6 nitrogen and oxygen atoms in total. The average Bonchev–Trinajstić information content (AvgIpc) is 3.24. The van der Waals surface area contributed by atoms with Gasteiger partial charge in [0, 0.05) is 11.8 Å². The van der Waals surface area contributed by atoms with Crippen LogP contribution in [0.5, 0.6) is 17.2 Å². The van der Waals surface area contributed by atoms with Gasteiger partial charge in [0.2, 0.25) is 5.91 Å². The largest absolute Gasteiger partial charge is 0.497 e. The minimum atomic E-state index is -0.679. The van der Waals surface area contributed by atoms with Crippen LogP contribution in [0.2, 0.25) is 0 Å². The van der Waals surface area contributed by atoms with Gasteiger partial charge in [0.1, 0.15) is 17.2 Å². The summed E-state index contributed by atoms with van der Waals surface area (Å²) in [6.45, 7) is 0.744. The predicted molar refractivity (Wildman–Crippen MR) is 98.2 cm³/mol. The zero-order chi connectivity index (χ0) is 18.3. The lowest BCUT2D eigenvalue weighted by atomic mass is 9.72. The summed E-state index contributed by atoms with van der Waals surface area (Å²) in [7, 11) is 4.88. The van der Waals surface area contributed by atoms with Crippen molar-refractivity contribution in [3.63, 3.8) is 0 Å².